The quantitative estimate of drug-likeness (QED) is 0.193. The van der Waals surface area contributed by atoms with Gasteiger partial charge in [0, 0.05) is 23.5 Å². The Bertz CT molecular complexity index is 1740. The number of rotatable bonds is 2. The largest absolute Gasteiger partial charge is 4.00 e. The molecule has 2 heterocycles. The molecule has 1 aliphatic carbocycles. The predicted octanol–water partition coefficient (Wildman–Crippen LogP) is 2.74. The van der Waals surface area contributed by atoms with Crippen LogP contribution in [-0.4, -0.2) is 9.13 Å². The van der Waals surface area contributed by atoms with Crippen LogP contribution in [0, 0.1) is 0 Å². The first-order valence-electron chi connectivity index (χ1n) is 12.9. The van der Waals surface area contributed by atoms with Crippen LogP contribution in [0.25, 0.3) is 43.8 Å². The maximum Gasteiger partial charge on any atom is 4.00 e. The summed E-state index contributed by atoms with van der Waals surface area (Å²) in [6, 6.07) is 39.1. The van der Waals surface area contributed by atoms with Gasteiger partial charge in [0.05, 0.1) is 5.52 Å². The van der Waals surface area contributed by atoms with Gasteiger partial charge in [0.1, 0.15) is 0 Å². The zero-order valence-electron chi connectivity index (χ0n) is 21.5. The van der Waals surface area contributed by atoms with Gasteiger partial charge in [0.2, 0.25) is 0 Å². The van der Waals surface area contributed by atoms with Crippen molar-refractivity contribution in [3.8, 4) is 11.4 Å². The molecule has 0 N–H and O–H groups in total. The fraction of sp³-hybridized carbons (Fsp3) is 0.118. The van der Waals surface area contributed by atoms with Crippen LogP contribution >= 0.6 is 0 Å². The van der Waals surface area contributed by atoms with Crippen molar-refractivity contribution in [1.82, 2.24) is 9.13 Å². The van der Waals surface area contributed by atoms with Crippen molar-refractivity contribution >= 4 is 32.4 Å². The molecular formula is C34H28Cl2HfN2. The van der Waals surface area contributed by atoms with E-state index in [1.807, 2.05) is 12.1 Å². The summed E-state index contributed by atoms with van der Waals surface area (Å²) in [4.78, 5) is 0. The second-order valence-electron chi connectivity index (χ2n) is 9.76. The number of benzene rings is 3. The number of nitrogens with zero attached hydrogens (tertiary/aromatic N) is 2. The molecule has 192 valence electrons. The van der Waals surface area contributed by atoms with E-state index in [1.165, 1.54) is 75.2 Å². The molecule has 2 aromatic heterocycles. The van der Waals surface area contributed by atoms with Gasteiger partial charge in [-0.25, -0.2) is 0 Å². The van der Waals surface area contributed by atoms with Gasteiger partial charge < -0.3 is 33.9 Å². The molecule has 0 amide bonds. The van der Waals surface area contributed by atoms with Crippen molar-refractivity contribution in [1.29, 1.82) is 0 Å². The van der Waals surface area contributed by atoms with Gasteiger partial charge >= 0.3 is 25.8 Å². The maximum absolute atomic E-state index is 2.50. The monoisotopic (exact) mass is 714 g/mol. The van der Waals surface area contributed by atoms with Crippen LogP contribution in [0.5, 0.6) is 0 Å². The summed E-state index contributed by atoms with van der Waals surface area (Å²) in [6.45, 7) is 0. The van der Waals surface area contributed by atoms with E-state index >= 15 is 0 Å². The fourth-order valence-corrected chi connectivity index (χ4v) is 5.84. The van der Waals surface area contributed by atoms with Gasteiger partial charge in [0.25, 0.3) is 0 Å². The standard InChI is InChI=1S/C21H18N.C13H10N.2ClH.Hf/c1-2-8-16-14-17(13-15(16)7-1)22-20-11-5-3-9-18(20)19-10-4-6-12-21(19)22;1-2-6-12-10-13(9-11(12)5-1)14-7-3-4-8-14;;;/h1-3,5,7-9,11,13-14H,4,6,10,12H2;1-10H;2*1H;/q2*-1;;;+4/p-2. The Morgan fingerprint density at radius 2 is 1.15 bits per heavy atom. The first-order valence-corrected chi connectivity index (χ1v) is 12.9. The third-order valence-electron chi connectivity index (χ3n) is 7.55. The van der Waals surface area contributed by atoms with Gasteiger partial charge in [-0.2, -0.15) is 0 Å². The number of hydrogen-bond donors (Lipinski definition) is 0. The van der Waals surface area contributed by atoms with Crippen LogP contribution in [0.2, 0.25) is 0 Å². The maximum atomic E-state index is 2.50. The van der Waals surface area contributed by atoms with Crippen molar-refractivity contribution in [3.05, 3.63) is 133 Å². The van der Waals surface area contributed by atoms with Gasteiger partial charge in [-0.05, 0) is 60.8 Å². The van der Waals surface area contributed by atoms with Gasteiger partial charge in [-0.15, -0.1) is 82.2 Å². The molecule has 7 aromatic rings. The Labute approximate surface area is 260 Å². The van der Waals surface area contributed by atoms with Crippen LogP contribution in [0.4, 0.5) is 0 Å². The van der Waals surface area contributed by atoms with Crippen molar-refractivity contribution in [3.63, 3.8) is 0 Å². The molecule has 0 aliphatic heterocycles. The smallest absolute Gasteiger partial charge is 1.00 e. The molecule has 5 heteroatoms. The minimum atomic E-state index is 0. The summed E-state index contributed by atoms with van der Waals surface area (Å²) in [5.74, 6) is 0. The van der Waals surface area contributed by atoms with E-state index in [0.717, 1.165) is 0 Å². The first-order chi connectivity index (χ1) is 17.8. The average molecular weight is 714 g/mol. The topological polar surface area (TPSA) is 9.86 Å². The van der Waals surface area contributed by atoms with Crippen LogP contribution < -0.4 is 24.8 Å². The van der Waals surface area contributed by atoms with E-state index in [1.54, 1.807) is 5.56 Å². The number of hydrogen-bond acceptors (Lipinski definition) is 0. The molecule has 0 saturated heterocycles. The number of aromatic nitrogens is 2. The molecule has 0 bridgehead atoms. The number of para-hydroxylation sites is 1. The molecule has 0 fully saturated rings. The van der Waals surface area contributed by atoms with E-state index in [4.69, 9.17) is 0 Å². The molecule has 0 saturated carbocycles. The van der Waals surface area contributed by atoms with E-state index in [0.29, 0.717) is 0 Å². The molecule has 0 spiro atoms. The van der Waals surface area contributed by atoms with E-state index in [-0.39, 0.29) is 50.7 Å². The second-order valence-corrected chi connectivity index (χ2v) is 9.76. The summed E-state index contributed by atoms with van der Waals surface area (Å²) < 4.78 is 4.63. The summed E-state index contributed by atoms with van der Waals surface area (Å²) in [7, 11) is 0. The number of halogens is 2. The van der Waals surface area contributed by atoms with Crippen molar-refractivity contribution in [2.75, 3.05) is 0 Å². The van der Waals surface area contributed by atoms with E-state index in [2.05, 4.69) is 119 Å². The third kappa shape index (κ3) is 5.45. The Hall–Kier alpha value is -2.85. The average Bonchev–Trinajstić information content (AvgIpc) is 3.72. The normalized spacial score (nSPS) is 12.1. The zero-order valence-corrected chi connectivity index (χ0v) is 26.6. The molecule has 39 heavy (non-hydrogen) atoms. The summed E-state index contributed by atoms with van der Waals surface area (Å²) in [5, 5.41) is 6.72. The summed E-state index contributed by atoms with van der Waals surface area (Å²) in [6.07, 6.45) is 9.19. The number of fused-ring (bicyclic) bond motifs is 5. The number of aryl methyl sites for hydroxylation is 1. The van der Waals surface area contributed by atoms with Crippen molar-refractivity contribution < 1.29 is 50.7 Å². The van der Waals surface area contributed by atoms with Crippen LogP contribution in [0.1, 0.15) is 24.1 Å². The molecule has 2 nitrogen and oxygen atoms in total. The predicted molar refractivity (Wildman–Crippen MR) is 152 cm³/mol. The first kappa shape index (κ1) is 29.1. The Balaban J connectivity index is 0.000000182. The van der Waals surface area contributed by atoms with Crippen LogP contribution in [0.15, 0.2) is 122 Å². The zero-order chi connectivity index (χ0) is 23.9. The van der Waals surface area contributed by atoms with E-state index in [9.17, 15) is 0 Å². The molecule has 0 radical (unpaired) electrons. The fourth-order valence-electron chi connectivity index (χ4n) is 5.84. The molecule has 1 aliphatic rings. The van der Waals surface area contributed by atoms with Crippen molar-refractivity contribution in [2.24, 2.45) is 0 Å². The Morgan fingerprint density at radius 3 is 1.85 bits per heavy atom. The molecular weight excluding hydrogens is 686 g/mol. The van der Waals surface area contributed by atoms with Gasteiger partial charge in [-0.3, -0.25) is 0 Å². The molecule has 0 unspecified atom stereocenters. The van der Waals surface area contributed by atoms with Gasteiger partial charge in [0.15, 0.2) is 0 Å². The molecule has 8 rings (SSSR count). The van der Waals surface area contributed by atoms with Crippen LogP contribution in [-0.2, 0) is 38.7 Å². The van der Waals surface area contributed by atoms with Crippen molar-refractivity contribution in [2.45, 2.75) is 25.7 Å². The Kier molecular flexibility index (Phi) is 9.38. The minimum Gasteiger partial charge on any atom is -1.00 e. The second kappa shape index (κ2) is 12.6. The third-order valence-corrected chi connectivity index (χ3v) is 7.55. The molecule has 5 aromatic carbocycles. The Morgan fingerprint density at radius 1 is 0.590 bits per heavy atom. The van der Waals surface area contributed by atoms with Crippen LogP contribution in [0.3, 0.4) is 0 Å². The summed E-state index contributed by atoms with van der Waals surface area (Å²) >= 11 is 0. The van der Waals surface area contributed by atoms with E-state index < -0.39 is 0 Å². The summed E-state index contributed by atoms with van der Waals surface area (Å²) in [5.41, 5.74) is 7.02. The minimum absolute atomic E-state index is 0. The molecule has 0 atom stereocenters. The van der Waals surface area contributed by atoms with Gasteiger partial charge in [-0.1, -0.05) is 30.3 Å². The SMILES string of the molecule is [Cl-].[Cl-].[Hf+4].c1ccc2[cH-]c(-n3c4c(c5ccccc53)CCCC4)cc2c1.c1ccc2[cH-]c(-n3cccc3)cc2c1.